The number of thioether (sulfide) groups is 1. The maximum Gasteiger partial charge on any atom is 0.209 e. The highest BCUT2D eigenvalue weighted by Crippen LogP contribution is 2.34. The number of hydrogen-bond donors (Lipinski definition) is 4. The molecule has 2 aromatic carbocycles. The zero-order valence-corrected chi connectivity index (χ0v) is 18.1. The molecule has 0 saturated carbocycles. The van der Waals surface area contributed by atoms with Crippen LogP contribution >= 0.6 is 46.3 Å². The summed E-state index contributed by atoms with van der Waals surface area (Å²) in [7, 11) is 0. The van der Waals surface area contributed by atoms with Crippen molar-refractivity contribution in [3.8, 4) is 0 Å². The lowest BCUT2D eigenvalue weighted by molar-refractivity contribution is 0.104. The van der Waals surface area contributed by atoms with Crippen LogP contribution in [0.4, 0.5) is 16.6 Å². The van der Waals surface area contributed by atoms with E-state index in [2.05, 4.69) is 10.3 Å². The normalized spacial score (nSPS) is 12.0. The van der Waals surface area contributed by atoms with Gasteiger partial charge in [0, 0.05) is 16.3 Å². The largest absolute Gasteiger partial charge is 0.394 e. The average Bonchev–Trinajstić information content (AvgIpc) is 3.06. The van der Waals surface area contributed by atoms with E-state index in [4.69, 9.17) is 34.0 Å². The van der Waals surface area contributed by atoms with Gasteiger partial charge in [0.15, 0.2) is 5.13 Å². The molecule has 0 aliphatic carbocycles. The van der Waals surface area contributed by atoms with E-state index >= 15 is 0 Å². The molecule has 29 heavy (non-hydrogen) atoms. The summed E-state index contributed by atoms with van der Waals surface area (Å²) in [6.45, 7) is -0.282. The number of nitrogen functional groups attached to an aromatic ring is 1. The summed E-state index contributed by atoms with van der Waals surface area (Å²) in [5.74, 6) is 0.0857. The van der Waals surface area contributed by atoms with E-state index in [1.807, 2.05) is 24.3 Å². The summed E-state index contributed by atoms with van der Waals surface area (Å²) in [6.07, 6.45) is -0.777. The van der Waals surface area contributed by atoms with Gasteiger partial charge in [-0.05, 0) is 30.3 Å². The highest BCUT2D eigenvalue weighted by molar-refractivity contribution is 7.99. The van der Waals surface area contributed by atoms with Crippen molar-refractivity contribution in [2.45, 2.75) is 11.0 Å². The van der Waals surface area contributed by atoms with Crippen molar-refractivity contribution >= 4 is 68.7 Å². The summed E-state index contributed by atoms with van der Waals surface area (Å²) < 4.78 is 0. The van der Waals surface area contributed by atoms with Gasteiger partial charge in [-0.3, -0.25) is 4.79 Å². The molecule has 6 nitrogen and oxygen atoms in total. The van der Waals surface area contributed by atoms with Crippen molar-refractivity contribution in [3.63, 3.8) is 0 Å². The van der Waals surface area contributed by atoms with Gasteiger partial charge in [-0.15, -0.1) is 11.8 Å². The number of anilines is 3. The Hall–Kier alpha value is -1.81. The van der Waals surface area contributed by atoms with E-state index in [0.717, 1.165) is 21.9 Å². The third kappa shape index (κ3) is 5.42. The molecule has 1 unspecified atom stereocenters. The molecule has 1 heterocycles. The molecular formula is C19H17Cl2N3O3S2. The van der Waals surface area contributed by atoms with Gasteiger partial charge in [0.25, 0.3) is 0 Å². The number of thiazole rings is 1. The lowest BCUT2D eigenvalue weighted by Crippen LogP contribution is -2.14. The fourth-order valence-corrected chi connectivity index (χ4v) is 4.70. The minimum Gasteiger partial charge on any atom is -0.394 e. The molecule has 5 N–H and O–H groups in total. The van der Waals surface area contributed by atoms with Gasteiger partial charge in [0.1, 0.15) is 10.7 Å². The second-order valence-electron chi connectivity index (χ2n) is 5.96. The molecule has 1 aromatic heterocycles. The number of hydrogen-bond acceptors (Lipinski definition) is 8. The van der Waals surface area contributed by atoms with Crippen molar-refractivity contribution in [1.29, 1.82) is 0 Å². The van der Waals surface area contributed by atoms with E-state index in [1.54, 1.807) is 18.2 Å². The zero-order chi connectivity index (χ0) is 21.0. The van der Waals surface area contributed by atoms with Crippen molar-refractivity contribution in [3.05, 3.63) is 63.0 Å². The van der Waals surface area contributed by atoms with E-state index in [-0.39, 0.29) is 38.7 Å². The van der Waals surface area contributed by atoms with Crippen LogP contribution in [0.2, 0.25) is 10.0 Å². The number of nitrogens with zero attached hydrogens (tertiary/aromatic N) is 1. The quantitative estimate of drug-likeness (QED) is 0.285. The van der Waals surface area contributed by atoms with Crippen LogP contribution in [-0.2, 0) is 0 Å². The SMILES string of the molecule is Nc1nc(Nc2cccc(SCC(O)CO)c2)sc1C(=O)c1c(Cl)cccc1Cl. The first-order valence-electron chi connectivity index (χ1n) is 8.43. The van der Waals surface area contributed by atoms with Crippen LogP contribution in [-0.4, -0.2) is 39.4 Å². The molecule has 0 radical (unpaired) electrons. The first kappa shape index (κ1) is 21.9. The van der Waals surface area contributed by atoms with Crippen molar-refractivity contribution in [1.82, 2.24) is 4.98 Å². The Balaban J connectivity index is 1.78. The zero-order valence-electron chi connectivity index (χ0n) is 14.9. The number of nitrogens with one attached hydrogen (secondary N) is 1. The predicted molar refractivity (Wildman–Crippen MR) is 120 cm³/mol. The second kappa shape index (κ2) is 9.80. The number of aliphatic hydroxyl groups is 2. The number of ketones is 1. The van der Waals surface area contributed by atoms with E-state index in [9.17, 15) is 9.90 Å². The first-order chi connectivity index (χ1) is 13.9. The number of rotatable bonds is 8. The summed E-state index contributed by atoms with van der Waals surface area (Å²) >= 11 is 14.8. The maximum absolute atomic E-state index is 12.9. The maximum atomic E-state index is 12.9. The van der Waals surface area contributed by atoms with Crippen molar-refractivity contribution in [2.24, 2.45) is 0 Å². The van der Waals surface area contributed by atoms with Crippen LogP contribution in [0.3, 0.4) is 0 Å². The van der Waals surface area contributed by atoms with Crippen LogP contribution in [0, 0.1) is 0 Å². The molecule has 0 amide bonds. The molecule has 3 rings (SSSR count). The third-order valence-corrected chi connectivity index (χ3v) is 6.54. The number of aromatic nitrogens is 1. The number of carbonyl (C=O) groups excluding carboxylic acids is 1. The van der Waals surface area contributed by atoms with Gasteiger partial charge >= 0.3 is 0 Å². The molecule has 3 aromatic rings. The molecular weight excluding hydrogens is 453 g/mol. The average molecular weight is 470 g/mol. The fourth-order valence-electron chi connectivity index (χ4n) is 2.41. The Morgan fingerprint density at radius 3 is 2.62 bits per heavy atom. The number of nitrogens with two attached hydrogens (primary N) is 1. The first-order valence-corrected chi connectivity index (χ1v) is 11.0. The van der Waals surface area contributed by atoms with E-state index in [0.29, 0.717) is 10.9 Å². The molecule has 0 bridgehead atoms. The predicted octanol–water partition coefficient (Wildman–Crippen LogP) is 4.45. The Labute approximate surface area is 185 Å². The molecule has 152 valence electrons. The molecule has 0 fully saturated rings. The van der Waals surface area contributed by atoms with Crippen molar-refractivity contribution < 1.29 is 15.0 Å². The molecule has 0 aliphatic rings. The van der Waals surface area contributed by atoms with Crippen LogP contribution in [0.25, 0.3) is 0 Å². The van der Waals surface area contributed by atoms with Crippen LogP contribution < -0.4 is 11.1 Å². The van der Waals surface area contributed by atoms with Gasteiger partial charge in [-0.1, -0.05) is 46.7 Å². The van der Waals surface area contributed by atoms with Crippen LogP contribution in [0.15, 0.2) is 47.4 Å². The third-order valence-electron chi connectivity index (χ3n) is 3.79. The summed E-state index contributed by atoms with van der Waals surface area (Å²) in [5, 5.41) is 22.5. The lowest BCUT2D eigenvalue weighted by Gasteiger charge is -2.08. The van der Waals surface area contributed by atoms with Gasteiger partial charge in [-0.25, -0.2) is 4.98 Å². The van der Waals surface area contributed by atoms with Crippen molar-refractivity contribution in [2.75, 3.05) is 23.4 Å². The standard InChI is InChI=1S/C19H17Cl2N3O3S2/c20-13-5-2-6-14(21)15(13)16(27)17-18(22)24-19(29-17)23-10-3-1-4-12(7-10)28-9-11(26)8-25/h1-7,11,25-26H,8-9,22H2,(H,23,24). The smallest absolute Gasteiger partial charge is 0.209 e. The number of benzene rings is 2. The summed E-state index contributed by atoms with van der Waals surface area (Å²) in [4.78, 5) is 18.2. The van der Waals surface area contributed by atoms with Crippen LogP contribution in [0.5, 0.6) is 0 Å². The van der Waals surface area contributed by atoms with E-state index in [1.165, 1.54) is 11.8 Å². The van der Waals surface area contributed by atoms with Crippen LogP contribution in [0.1, 0.15) is 15.2 Å². The summed E-state index contributed by atoms with van der Waals surface area (Å²) in [6, 6.07) is 12.3. The highest BCUT2D eigenvalue weighted by Gasteiger charge is 2.22. The Morgan fingerprint density at radius 2 is 1.93 bits per heavy atom. The Bertz CT molecular complexity index is 1010. The fraction of sp³-hybridized carbons (Fsp3) is 0.158. The molecule has 0 spiro atoms. The molecule has 10 heteroatoms. The van der Waals surface area contributed by atoms with Gasteiger partial charge in [-0.2, -0.15) is 0 Å². The number of aliphatic hydroxyl groups excluding tert-OH is 2. The highest BCUT2D eigenvalue weighted by atomic mass is 35.5. The monoisotopic (exact) mass is 469 g/mol. The Morgan fingerprint density at radius 1 is 1.24 bits per heavy atom. The van der Waals surface area contributed by atoms with E-state index < -0.39 is 6.10 Å². The van der Waals surface area contributed by atoms with Gasteiger partial charge in [0.05, 0.1) is 28.3 Å². The second-order valence-corrected chi connectivity index (χ2v) is 8.87. The van der Waals surface area contributed by atoms with Gasteiger partial charge < -0.3 is 21.3 Å². The van der Waals surface area contributed by atoms with Gasteiger partial charge in [0.2, 0.25) is 5.78 Å². The Kier molecular flexibility index (Phi) is 7.39. The molecule has 1 atom stereocenters. The topological polar surface area (TPSA) is 108 Å². The summed E-state index contributed by atoms with van der Waals surface area (Å²) in [5.41, 5.74) is 6.90. The molecule has 0 aliphatic heterocycles. The molecule has 0 saturated heterocycles. The lowest BCUT2D eigenvalue weighted by atomic mass is 10.1. The number of carbonyl (C=O) groups is 1. The minimum absolute atomic E-state index is 0.0927. The number of halogens is 2. The minimum atomic E-state index is -0.777.